The smallest absolute Gasteiger partial charge is 0.0450 e. The van der Waals surface area contributed by atoms with Gasteiger partial charge in [-0.25, -0.2) is 0 Å². The Morgan fingerprint density at radius 1 is 1.38 bits per heavy atom. The molecule has 1 fully saturated rings. The van der Waals surface area contributed by atoms with Gasteiger partial charge in [0.1, 0.15) is 0 Å². The van der Waals surface area contributed by atoms with Crippen LogP contribution in [0, 0.1) is 0 Å². The zero-order valence-corrected chi connectivity index (χ0v) is 9.17. The minimum atomic E-state index is -0.192. The number of hydrogen-bond donors (Lipinski definition) is 2. The molecule has 0 saturated carbocycles. The maximum Gasteiger partial charge on any atom is 0.0450 e. The second kappa shape index (κ2) is 3.23. The van der Waals surface area contributed by atoms with E-state index in [1.165, 1.54) is 5.06 Å². The summed E-state index contributed by atoms with van der Waals surface area (Å²) in [5.41, 5.74) is 5.64. The first-order valence-electron chi connectivity index (χ1n) is 5.06. The molecule has 0 radical (unpaired) electrons. The van der Waals surface area contributed by atoms with Gasteiger partial charge < -0.3 is 10.9 Å². The number of nitrogens with zero attached hydrogens (tertiary/aromatic N) is 1. The highest BCUT2D eigenvalue weighted by Crippen LogP contribution is 2.37. The Bertz CT molecular complexity index is 193. The Balaban J connectivity index is 2.88. The summed E-state index contributed by atoms with van der Waals surface area (Å²) in [7, 11) is 0. The molecule has 3 N–H and O–H groups in total. The Hall–Kier alpha value is -0.120. The molecule has 1 saturated heterocycles. The summed E-state index contributed by atoms with van der Waals surface area (Å²) in [5, 5.41) is 11.6. The van der Waals surface area contributed by atoms with E-state index in [1.54, 1.807) is 0 Å². The van der Waals surface area contributed by atoms with Gasteiger partial charge in [-0.1, -0.05) is 6.92 Å². The Morgan fingerprint density at radius 2 is 1.92 bits per heavy atom. The lowest BCUT2D eigenvalue weighted by Gasteiger charge is -2.52. The molecule has 1 heterocycles. The first-order valence-corrected chi connectivity index (χ1v) is 5.06. The van der Waals surface area contributed by atoms with E-state index in [0.29, 0.717) is 0 Å². The van der Waals surface area contributed by atoms with Crippen LogP contribution in [0.3, 0.4) is 0 Å². The van der Waals surface area contributed by atoms with Crippen LogP contribution >= 0.6 is 0 Å². The summed E-state index contributed by atoms with van der Waals surface area (Å²) < 4.78 is 0. The van der Waals surface area contributed by atoms with E-state index in [0.717, 1.165) is 19.3 Å². The maximum absolute atomic E-state index is 10.1. The monoisotopic (exact) mass is 186 g/mol. The predicted molar refractivity (Wildman–Crippen MR) is 53.6 cm³/mol. The summed E-state index contributed by atoms with van der Waals surface area (Å²) in [5.74, 6) is 0. The standard InChI is InChI=1S/C10H22N2O/c1-5-10(4)7-8(11)6-9(2,3)12(10)13/h8,13H,5-7,11H2,1-4H3. The predicted octanol–water partition coefficient (Wildman–Crippen LogP) is 1.75. The summed E-state index contributed by atoms with van der Waals surface area (Å²) in [4.78, 5) is 0. The van der Waals surface area contributed by atoms with Crippen LogP contribution in [0.2, 0.25) is 0 Å². The highest BCUT2D eigenvalue weighted by Gasteiger charge is 2.45. The molecule has 0 aromatic carbocycles. The normalized spacial score (nSPS) is 40.6. The lowest BCUT2D eigenvalue weighted by Crippen LogP contribution is -2.62. The van der Waals surface area contributed by atoms with E-state index in [4.69, 9.17) is 5.73 Å². The van der Waals surface area contributed by atoms with Crippen molar-refractivity contribution in [3.63, 3.8) is 0 Å². The Kier molecular flexibility index (Phi) is 2.72. The molecule has 0 aliphatic carbocycles. The Morgan fingerprint density at radius 3 is 2.38 bits per heavy atom. The molecular weight excluding hydrogens is 164 g/mol. The minimum absolute atomic E-state index is 0.152. The molecule has 13 heavy (non-hydrogen) atoms. The molecular formula is C10H22N2O. The summed E-state index contributed by atoms with van der Waals surface area (Å²) >= 11 is 0. The summed E-state index contributed by atoms with van der Waals surface area (Å²) in [6.45, 7) is 8.25. The molecule has 2 atom stereocenters. The van der Waals surface area contributed by atoms with E-state index >= 15 is 0 Å². The van der Waals surface area contributed by atoms with Gasteiger partial charge in [0.05, 0.1) is 0 Å². The molecule has 0 spiro atoms. The van der Waals surface area contributed by atoms with E-state index in [9.17, 15) is 5.21 Å². The van der Waals surface area contributed by atoms with Gasteiger partial charge in [0, 0.05) is 17.1 Å². The zero-order valence-electron chi connectivity index (χ0n) is 9.17. The topological polar surface area (TPSA) is 49.5 Å². The molecule has 78 valence electrons. The molecule has 1 aliphatic heterocycles. The van der Waals surface area contributed by atoms with Crippen LogP contribution in [0.5, 0.6) is 0 Å². The van der Waals surface area contributed by atoms with Crippen molar-refractivity contribution in [3.8, 4) is 0 Å². The van der Waals surface area contributed by atoms with Crippen molar-refractivity contribution in [2.24, 2.45) is 5.73 Å². The summed E-state index contributed by atoms with van der Waals surface area (Å²) in [6, 6.07) is 0.211. The van der Waals surface area contributed by atoms with E-state index in [-0.39, 0.29) is 17.1 Å². The van der Waals surface area contributed by atoms with Gasteiger partial charge in [-0.15, -0.1) is 0 Å². The van der Waals surface area contributed by atoms with Crippen LogP contribution in [0.1, 0.15) is 47.0 Å². The van der Waals surface area contributed by atoms with Crippen LogP contribution < -0.4 is 5.73 Å². The second-order valence-electron chi connectivity index (χ2n) is 5.14. The highest BCUT2D eigenvalue weighted by molar-refractivity contribution is 4.99. The van der Waals surface area contributed by atoms with Gasteiger partial charge >= 0.3 is 0 Å². The number of rotatable bonds is 1. The van der Waals surface area contributed by atoms with Crippen molar-refractivity contribution in [2.75, 3.05) is 0 Å². The van der Waals surface area contributed by atoms with Gasteiger partial charge in [-0.2, -0.15) is 5.06 Å². The van der Waals surface area contributed by atoms with Crippen molar-refractivity contribution in [1.82, 2.24) is 5.06 Å². The van der Waals surface area contributed by atoms with Crippen LogP contribution in [0.15, 0.2) is 0 Å². The van der Waals surface area contributed by atoms with E-state index in [1.807, 2.05) is 13.8 Å². The second-order valence-corrected chi connectivity index (χ2v) is 5.14. The molecule has 1 rings (SSSR count). The first kappa shape index (κ1) is 11.0. The van der Waals surface area contributed by atoms with Gasteiger partial charge in [-0.05, 0) is 40.0 Å². The number of nitrogens with two attached hydrogens (primary N) is 1. The number of hydroxylamine groups is 2. The number of hydrogen-bond acceptors (Lipinski definition) is 3. The van der Waals surface area contributed by atoms with E-state index in [2.05, 4.69) is 13.8 Å². The van der Waals surface area contributed by atoms with Crippen LogP contribution in [0.4, 0.5) is 0 Å². The van der Waals surface area contributed by atoms with Crippen molar-refractivity contribution in [2.45, 2.75) is 64.1 Å². The Labute approximate surface area is 80.9 Å². The van der Waals surface area contributed by atoms with Crippen molar-refractivity contribution >= 4 is 0 Å². The average Bonchev–Trinajstić information content (AvgIpc) is 1.99. The molecule has 0 aromatic heterocycles. The molecule has 0 amide bonds. The first-order chi connectivity index (χ1) is 5.82. The third kappa shape index (κ3) is 1.87. The van der Waals surface area contributed by atoms with Crippen molar-refractivity contribution < 1.29 is 5.21 Å². The molecule has 0 bridgehead atoms. The maximum atomic E-state index is 10.1. The lowest BCUT2D eigenvalue weighted by molar-refractivity contribution is -0.250. The molecule has 0 aromatic rings. The van der Waals surface area contributed by atoms with Gasteiger partial charge in [-0.3, -0.25) is 0 Å². The molecule has 2 unspecified atom stereocenters. The SMILES string of the molecule is CCC1(C)CC(N)CC(C)(C)N1O. The highest BCUT2D eigenvalue weighted by atomic mass is 16.5. The summed E-state index contributed by atoms with van der Waals surface area (Å²) in [6.07, 6.45) is 2.67. The fourth-order valence-electron chi connectivity index (χ4n) is 2.48. The van der Waals surface area contributed by atoms with Crippen molar-refractivity contribution in [3.05, 3.63) is 0 Å². The third-order valence-electron chi connectivity index (χ3n) is 3.31. The van der Waals surface area contributed by atoms with Crippen LogP contribution in [-0.4, -0.2) is 27.4 Å². The minimum Gasteiger partial charge on any atom is -0.328 e. The van der Waals surface area contributed by atoms with Gasteiger partial charge in [0.25, 0.3) is 0 Å². The largest absolute Gasteiger partial charge is 0.328 e. The van der Waals surface area contributed by atoms with Crippen molar-refractivity contribution in [1.29, 1.82) is 0 Å². The quantitative estimate of drug-likeness (QED) is 0.656. The van der Waals surface area contributed by atoms with Gasteiger partial charge in [0.2, 0.25) is 0 Å². The lowest BCUT2D eigenvalue weighted by atomic mass is 9.77. The molecule has 3 heteroatoms. The van der Waals surface area contributed by atoms with Crippen LogP contribution in [0.25, 0.3) is 0 Å². The fourth-order valence-corrected chi connectivity index (χ4v) is 2.48. The number of piperidine rings is 1. The van der Waals surface area contributed by atoms with E-state index < -0.39 is 0 Å². The van der Waals surface area contributed by atoms with Gasteiger partial charge in [0.15, 0.2) is 0 Å². The molecule has 3 nitrogen and oxygen atoms in total. The zero-order chi connectivity index (χ0) is 10.3. The average molecular weight is 186 g/mol. The fraction of sp³-hybridized carbons (Fsp3) is 1.00. The van der Waals surface area contributed by atoms with Crippen LogP contribution in [-0.2, 0) is 0 Å². The third-order valence-corrected chi connectivity index (χ3v) is 3.31. The molecule has 1 aliphatic rings.